The molecule has 0 saturated carbocycles. The molecule has 0 unspecified atom stereocenters. The standard InChI is InChI=1S/C24H20O2/c25-21-11-6-10-20-9-4-5-12-23(20)24(17-21)26-22-15-13-19(14-16-22)18-7-2-1-3-8-18/h1-5,7-9,12-17H,6,10-11H2. The van der Waals surface area contributed by atoms with Gasteiger partial charge in [-0.1, -0.05) is 66.7 Å². The molecule has 0 bridgehead atoms. The van der Waals surface area contributed by atoms with Crippen LogP contribution in [0, 0.1) is 0 Å². The highest BCUT2D eigenvalue weighted by Gasteiger charge is 2.15. The minimum atomic E-state index is 0.121. The van der Waals surface area contributed by atoms with E-state index in [1.165, 1.54) is 11.1 Å². The third-order valence-electron chi connectivity index (χ3n) is 4.63. The molecular weight excluding hydrogens is 320 g/mol. The summed E-state index contributed by atoms with van der Waals surface area (Å²) >= 11 is 0. The second-order valence-corrected chi connectivity index (χ2v) is 6.48. The summed E-state index contributed by atoms with van der Waals surface area (Å²) in [6.07, 6.45) is 3.98. The smallest absolute Gasteiger partial charge is 0.159 e. The van der Waals surface area contributed by atoms with E-state index >= 15 is 0 Å². The van der Waals surface area contributed by atoms with E-state index in [-0.39, 0.29) is 5.78 Å². The van der Waals surface area contributed by atoms with E-state index in [4.69, 9.17) is 4.74 Å². The maximum absolute atomic E-state index is 12.1. The number of ketones is 1. The van der Waals surface area contributed by atoms with Crippen molar-refractivity contribution in [3.8, 4) is 16.9 Å². The fourth-order valence-corrected chi connectivity index (χ4v) is 3.29. The van der Waals surface area contributed by atoms with Crippen molar-refractivity contribution in [2.45, 2.75) is 19.3 Å². The Morgan fingerprint density at radius 1 is 0.692 bits per heavy atom. The normalized spacial score (nSPS) is 14.0. The van der Waals surface area contributed by atoms with E-state index in [2.05, 4.69) is 18.2 Å². The maximum atomic E-state index is 12.1. The van der Waals surface area contributed by atoms with E-state index < -0.39 is 0 Å². The molecule has 0 aromatic heterocycles. The molecule has 0 saturated heterocycles. The van der Waals surface area contributed by atoms with Crippen LogP contribution in [0.15, 0.2) is 84.9 Å². The number of fused-ring (bicyclic) bond motifs is 1. The number of aryl methyl sites for hydroxylation is 1. The van der Waals surface area contributed by atoms with Crippen LogP contribution in [0.25, 0.3) is 16.9 Å². The number of hydrogen-bond acceptors (Lipinski definition) is 2. The zero-order valence-electron chi connectivity index (χ0n) is 14.5. The molecule has 0 atom stereocenters. The van der Waals surface area contributed by atoms with Crippen LogP contribution in [-0.2, 0) is 11.2 Å². The van der Waals surface area contributed by atoms with Crippen molar-refractivity contribution >= 4 is 11.5 Å². The molecule has 128 valence electrons. The average Bonchev–Trinajstić information content (AvgIpc) is 2.68. The highest BCUT2D eigenvalue weighted by molar-refractivity contribution is 5.96. The molecule has 26 heavy (non-hydrogen) atoms. The van der Waals surface area contributed by atoms with Gasteiger partial charge < -0.3 is 4.74 Å². The van der Waals surface area contributed by atoms with Crippen molar-refractivity contribution in [1.82, 2.24) is 0 Å². The van der Waals surface area contributed by atoms with Gasteiger partial charge in [0.15, 0.2) is 5.78 Å². The summed E-state index contributed by atoms with van der Waals surface area (Å²) in [6, 6.07) is 26.4. The Bertz CT molecular complexity index is 937. The Morgan fingerprint density at radius 3 is 2.19 bits per heavy atom. The molecule has 1 aliphatic rings. The SMILES string of the molecule is O=C1C=C(Oc2ccc(-c3ccccc3)cc2)c2ccccc2CCC1. The van der Waals surface area contributed by atoms with Crippen LogP contribution in [0.5, 0.6) is 5.75 Å². The summed E-state index contributed by atoms with van der Waals surface area (Å²) in [7, 11) is 0. The van der Waals surface area contributed by atoms with Gasteiger partial charge in [-0.15, -0.1) is 0 Å². The Labute approximate surface area is 153 Å². The first kappa shape index (κ1) is 16.3. The zero-order chi connectivity index (χ0) is 17.8. The number of ether oxygens (including phenoxy) is 1. The molecule has 2 heteroatoms. The number of carbonyl (C=O) groups is 1. The van der Waals surface area contributed by atoms with Crippen LogP contribution in [-0.4, -0.2) is 5.78 Å². The molecule has 3 aromatic carbocycles. The molecule has 0 radical (unpaired) electrons. The summed E-state index contributed by atoms with van der Waals surface area (Å²) in [5.41, 5.74) is 4.55. The fraction of sp³-hybridized carbons (Fsp3) is 0.125. The van der Waals surface area contributed by atoms with Gasteiger partial charge in [-0.3, -0.25) is 4.79 Å². The maximum Gasteiger partial charge on any atom is 0.159 e. The summed E-state index contributed by atoms with van der Waals surface area (Å²) in [4.78, 5) is 12.1. The average molecular weight is 340 g/mol. The Morgan fingerprint density at radius 2 is 1.38 bits per heavy atom. The van der Waals surface area contributed by atoms with E-state index in [1.54, 1.807) is 6.08 Å². The lowest BCUT2D eigenvalue weighted by Gasteiger charge is -2.16. The van der Waals surface area contributed by atoms with Gasteiger partial charge in [0.1, 0.15) is 11.5 Å². The van der Waals surface area contributed by atoms with Gasteiger partial charge in [-0.25, -0.2) is 0 Å². The van der Waals surface area contributed by atoms with Crippen molar-refractivity contribution in [2.75, 3.05) is 0 Å². The van der Waals surface area contributed by atoms with Gasteiger partial charge in [0.25, 0.3) is 0 Å². The van der Waals surface area contributed by atoms with E-state index in [0.29, 0.717) is 12.2 Å². The lowest BCUT2D eigenvalue weighted by molar-refractivity contribution is -0.114. The Hall–Kier alpha value is -3.13. The number of rotatable bonds is 3. The van der Waals surface area contributed by atoms with E-state index in [9.17, 15) is 4.79 Å². The van der Waals surface area contributed by atoms with Crippen LogP contribution >= 0.6 is 0 Å². The minimum Gasteiger partial charge on any atom is -0.457 e. The predicted octanol–water partition coefficient (Wildman–Crippen LogP) is 5.68. The van der Waals surface area contributed by atoms with E-state index in [1.807, 2.05) is 60.7 Å². The molecule has 2 nitrogen and oxygen atoms in total. The summed E-state index contributed by atoms with van der Waals surface area (Å²) < 4.78 is 6.12. The Balaban J connectivity index is 1.63. The first-order chi connectivity index (χ1) is 12.8. The van der Waals surface area contributed by atoms with Crippen molar-refractivity contribution in [3.05, 3.63) is 96.1 Å². The first-order valence-electron chi connectivity index (χ1n) is 8.96. The molecule has 4 rings (SSSR count). The van der Waals surface area contributed by atoms with Crippen LogP contribution in [0.3, 0.4) is 0 Å². The summed E-state index contributed by atoms with van der Waals surface area (Å²) in [5, 5.41) is 0. The topological polar surface area (TPSA) is 26.3 Å². The third kappa shape index (κ3) is 3.60. The third-order valence-corrected chi connectivity index (χ3v) is 4.63. The largest absolute Gasteiger partial charge is 0.457 e. The van der Waals surface area contributed by atoms with E-state index in [0.717, 1.165) is 29.7 Å². The van der Waals surface area contributed by atoms with Crippen LogP contribution in [0.2, 0.25) is 0 Å². The second kappa shape index (κ2) is 7.40. The highest BCUT2D eigenvalue weighted by Crippen LogP contribution is 2.28. The van der Waals surface area contributed by atoms with Gasteiger partial charge in [-0.2, -0.15) is 0 Å². The van der Waals surface area contributed by atoms with Gasteiger partial charge in [0.05, 0.1) is 0 Å². The minimum absolute atomic E-state index is 0.121. The quantitative estimate of drug-likeness (QED) is 0.613. The van der Waals surface area contributed by atoms with Crippen molar-refractivity contribution in [3.63, 3.8) is 0 Å². The molecule has 3 aromatic rings. The molecule has 0 N–H and O–H groups in total. The van der Waals surface area contributed by atoms with Crippen LogP contribution in [0.4, 0.5) is 0 Å². The molecular formula is C24H20O2. The number of benzene rings is 3. The van der Waals surface area contributed by atoms with Gasteiger partial charge in [-0.05, 0) is 41.7 Å². The number of carbonyl (C=O) groups excluding carboxylic acids is 1. The van der Waals surface area contributed by atoms with Crippen molar-refractivity contribution in [2.24, 2.45) is 0 Å². The molecule has 0 spiro atoms. The van der Waals surface area contributed by atoms with Crippen LogP contribution < -0.4 is 4.74 Å². The number of hydrogen-bond donors (Lipinski definition) is 0. The van der Waals surface area contributed by atoms with Crippen LogP contribution in [0.1, 0.15) is 24.0 Å². The molecule has 0 fully saturated rings. The van der Waals surface area contributed by atoms with Crippen molar-refractivity contribution < 1.29 is 9.53 Å². The predicted molar refractivity (Wildman–Crippen MR) is 105 cm³/mol. The summed E-state index contributed by atoms with van der Waals surface area (Å²) in [6.45, 7) is 0. The molecule has 1 aliphatic carbocycles. The lowest BCUT2D eigenvalue weighted by Crippen LogP contribution is -2.07. The van der Waals surface area contributed by atoms with Gasteiger partial charge in [0, 0.05) is 18.1 Å². The van der Waals surface area contributed by atoms with Gasteiger partial charge >= 0.3 is 0 Å². The fourth-order valence-electron chi connectivity index (χ4n) is 3.29. The molecule has 0 amide bonds. The van der Waals surface area contributed by atoms with Crippen molar-refractivity contribution in [1.29, 1.82) is 0 Å². The number of allylic oxidation sites excluding steroid dienone is 1. The second-order valence-electron chi connectivity index (χ2n) is 6.48. The molecule has 0 heterocycles. The Kier molecular flexibility index (Phi) is 4.65. The monoisotopic (exact) mass is 340 g/mol. The first-order valence-corrected chi connectivity index (χ1v) is 8.96. The zero-order valence-corrected chi connectivity index (χ0v) is 14.5. The highest BCUT2D eigenvalue weighted by atomic mass is 16.5. The summed E-state index contributed by atoms with van der Waals surface area (Å²) in [5.74, 6) is 1.49. The molecule has 0 aliphatic heterocycles. The van der Waals surface area contributed by atoms with Gasteiger partial charge in [0.2, 0.25) is 0 Å². The lowest BCUT2D eigenvalue weighted by atomic mass is 9.96.